The molecule has 0 bridgehead atoms. The maximum absolute atomic E-state index is 10.8. The van der Waals surface area contributed by atoms with Crippen LogP contribution in [0.25, 0.3) is 12.2 Å². The molecule has 0 unspecified atom stereocenters. The fraction of sp³-hybridized carbons (Fsp3) is 0. The molecule has 0 fully saturated rings. The number of benzene rings is 1. The highest BCUT2D eigenvalue weighted by Crippen LogP contribution is 2.10. The van der Waals surface area contributed by atoms with Crippen LogP contribution in [0.15, 0.2) is 48.8 Å². The van der Waals surface area contributed by atoms with Gasteiger partial charge in [-0.05, 0) is 17.2 Å². The minimum atomic E-state index is 0.697. The van der Waals surface area contributed by atoms with E-state index in [-0.39, 0.29) is 0 Å². The van der Waals surface area contributed by atoms with Crippen molar-refractivity contribution in [1.29, 1.82) is 0 Å². The van der Waals surface area contributed by atoms with Gasteiger partial charge in [-0.2, -0.15) is 0 Å². The second-order valence-electron chi connectivity index (χ2n) is 3.37. The van der Waals surface area contributed by atoms with Crippen LogP contribution in [0.2, 0.25) is 0 Å². The number of hydrogen-bond donors (Lipinski definition) is 0. The first-order valence-electron chi connectivity index (χ1n) is 5.02. The van der Waals surface area contributed by atoms with Gasteiger partial charge < -0.3 is 0 Å². The van der Waals surface area contributed by atoms with Crippen molar-refractivity contribution in [2.24, 2.45) is 0 Å². The zero-order valence-electron chi connectivity index (χ0n) is 8.71. The van der Waals surface area contributed by atoms with Gasteiger partial charge in [-0.15, -0.1) is 0 Å². The van der Waals surface area contributed by atoms with E-state index >= 15 is 0 Å². The minimum Gasteiger partial charge on any atom is -0.298 e. The zero-order chi connectivity index (χ0) is 11.2. The van der Waals surface area contributed by atoms with Crippen molar-refractivity contribution in [2.75, 3.05) is 0 Å². The van der Waals surface area contributed by atoms with E-state index in [2.05, 4.69) is 4.98 Å². The lowest BCUT2D eigenvalue weighted by atomic mass is 10.1. The van der Waals surface area contributed by atoms with Crippen LogP contribution < -0.4 is 0 Å². The van der Waals surface area contributed by atoms with Crippen LogP contribution in [0.1, 0.15) is 21.5 Å². The van der Waals surface area contributed by atoms with Crippen molar-refractivity contribution >= 4 is 18.4 Å². The first-order chi connectivity index (χ1) is 7.90. The average molecular weight is 209 g/mol. The van der Waals surface area contributed by atoms with Crippen LogP contribution in [0, 0.1) is 0 Å². The molecule has 1 heterocycles. The van der Waals surface area contributed by atoms with Gasteiger partial charge in [0.25, 0.3) is 0 Å². The third-order valence-electron chi connectivity index (χ3n) is 2.26. The molecule has 16 heavy (non-hydrogen) atoms. The van der Waals surface area contributed by atoms with Gasteiger partial charge in [0, 0.05) is 18.0 Å². The van der Waals surface area contributed by atoms with E-state index in [1.807, 2.05) is 42.5 Å². The molecular formula is C14H11NO. The SMILES string of the molecule is O=Cc1ccccc1C=Cc1cccnc1. The van der Waals surface area contributed by atoms with Crippen LogP contribution in [0.3, 0.4) is 0 Å². The molecule has 1 aromatic carbocycles. The highest BCUT2D eigenvalue weighted by molar-refractivity contribution is 5.84. The number of rotatable bonds is 3. The zero-order valence-corrected chi connectivity index (χ0v) is 8.71. The molecular weight excluding hydrogens is 198 g/mol. The first-order valence-corrected chi connectivity index (χ1v) is 5.02. The van der Waals surface area contributed by atoms with E-state index in [0.717, 1.165) is 17.4 Å². The van der Waals surface area contributed by atoms with Crippen LogP contribution in [-0.4, -0.2) is 11.3 Å². The molecule has 0 spiro atoms. The Morgan fingerprint density at radius 2 is 1.75 bits per heavy atom. The smallest absolute Gasteiger partial charge is 0.150 e. The second-order valence-corrected chi connectivity index (χ2v) is 3.37. The van der Waals surface area contributed by atoms with Crippen LogP contribution in [-0.2, 0) is 0 Å². The van der Waals surface area contributed by atoms with Gasteiger partial charge in [-0.1, -0.05) is 42.5 Å². The maximum Gasteiger partial charge on any atom is 0.150 e. The molecule has 0 aliphatic heterocycles. The Balaban J connectivity index is 2.27. The number of carbonyl (C=O) groups is 1. The molecule has 2 aromatic rings. The van der Waals surface area contributed by atoms with Gasteiger partial charge >= 0.3 is 0 Å². The summed E-state index contributed by atoms with van der Waals surface area (Å²) in [6.07, 6.45) is 8.23. The first kappa shape index (κ1) is 10.3. The normalized spacial score (nSPS) is 10.5. The number of aromatic nitrogens is 1. The van der Waals surface area contributed by atoms with Gasteiger partial charge in [0.2, 0.25) is 0 Å². The van der Waals surface area contributed by atoms with E-state index in [9.17, 15) is 4.79 Å². The minimum absolute atomic E-state index is 0.697. The molecule has 2 rings (SSSR count). The van der Waals surface area contributed by atoms with Gasteiger partial charge in [0.15, 0.2) is 6.29 Å². The predicted molar refractivity (Wildman–Crippen MR) is 65.0 cm³/mol. The third-order valence-corrected chi connectivity index (χ3v) is 2.26. The summed E-state index contributed by atoms with van der Waals surface area (Å²) >= 11 is 0. The quantitative estimate of drug-likeness (QED) is 0.727. The molecule has 0 saturated heterocycles. The van der Waals surface area contributed by atoms with Crippen LogP contribution in [0.5, 0.6) is 0 Å². The maximum atomic E-state index is 10.8. The summed E-state index contributed by atoms with van der Waals surface area (Å²) in [7, 11) is 0. The molecule has 0 atom stereocenters. The van der Waals surface area contributed by atoms with E-state index in [0.29, 0.717) is 5.56 Å². The lowest BCUT2D eigenvalue weighted by Crippen LogP contribution is -1.84. The lowest BCUT2D eigenvalue weighted by Gasteiger charge is -1.97. The summed E-state index contributed by atoms with van der Waals surface area (Å²) in [5.74, 6) is 0. The van der Waals surface area contributed by atoms with Crippen LogP contribution in [0.4, 0.5) is 0 Å². The monoisotopic (exact) mass is 209 g/mol. The Morgan fingerprint density at radius 3 is 2.44 bits per heavy atom. The standard InChI is InChI=1S/C14H11NO/c16-11-14-6-2-1-5-13(14)8-7-12-4-3-9-15-10-12/h1-11H. The summed E-state index contributed by atoms with van der Waals surface area (Å²) in [6, 6.07) is 11.3. The fourth-order valence-corrected chi connectivity index (χ4v) is 1.43. The van der Waals surface area contributed by atoms with Gasteiger partial charge in [-0.3, -0.25) is 9.78 Å². The topological polar surface area (TPSA) is 30.0 Å². The Bertz CT molecular complexity index is 503. The summed E-state index contributed by atoms with van der Waals surface area (Å²) in [4.78, 5) is 14.8. The molecule has 0 saturated carbocycles. The van der Waals surface area contributed by atoms with Crippen molar-refractivity contribution in [2.45, 2.75) is 0 Å². The summed E-state index contributed by atoms with van der Waals surface area (Å²) in [5, 5.41) is 0. The Labute approximate surface area is 94.3 Å². The van der Waals surface area contributed by atoms with E-state index in [1.165, 1.54) is 0 Å². The van der Waals surface area contributed by atoms with Crippen molar-refractivity contribution in [3.05, 3.63) is 65.5 Å². The molecule has 1 aromatic heterocycles. The Kier molecular flexibility index (Phi) is 3.24. The average Bonchev–Trinajstić information content (AvgIpc) is 2.38. The highest BCUT2D eigenvalue weighted by Gasteiger charge is 1.95. The molecule has 0 aliphatic rings. The number of carbonyl (C=O) groups excluding carboxylic acids is 1. The molecule has 0 aliphatic carbocycles. The summed E-state index contributed by atoms with van der Waals surface area (Å²) < 4.78 is 0. The van der Waals surface area contributed by atoms with Crippen molar-refractivity contribution < 1.29 is 4.79 Å². The van der Waals surface area contributed by atoms with E-state index in [4.69, 9.17) is 0 Å². The third kappa shape index (κ3) is 2.42. The number of hydrogen-bond acceptors (Lipinski definition) is 2. The number of aldehydes is 1. The van der Waals surface area contributed by atoms with E-state index in [1.54, 1.807) is 18.5 Å². The number of pyridine rings is 1. The molecule has 78 valence electrons. The van der Waals surface area contributed by atoms with Crippen molar-refractivity contribution in [3.63, 3.8) is 0 Å². The van der Waals surface area contributed by atoms with Crippen LogP contribution >= 0.6 is 0 Å². The van der Waals surface area contributed by atoms with Crippen molar-refractivity contribution in [1.82, 2.24) is 4.98 Å². The summed E-state index contributed by atoms with van der Waals surface area (Å²) in [6.45, 7) is 0. The molecule has 2 nitrogen and oxygen atoms in total. The lowest BCUT2D eigenvalue weighted by molar-refractivity contribution is 0.112. The molecule has 0 N–H and O–H groups in total. The van der Waals surface area contributed by atoms with Gasteiger partial charge in [0.1, 0.15) is 0 Å². The molecule has 0 radical (unpaired) electrons. The summed E-state index contributed by atoms with van der Waals surface area (Å²) in [5.41, 5.74) is 2.63. The molecule has 2 heteroatoms. The Hall–Kier alpha value is -2.22. The number of nitrogens with zero attached hydrogens (tertiary/aromatic N) is 1. The van der Waals surface area contributed by atoms with Gasteiger partial charge in [-0.25, -0.2) is 0 Å². The largest absolute Gasteiger partial charge is 0.298 e. The van der Waals surface area contributed by atoms with Crippen molar-refractivity contribution in [3.8, 4) is 0 Å². The van der Waals surface area contributed by atoms with Gasteiger partial charge in [0.05, 0.1) is 0 Å². The Morgan fingerprint density at radius 1 is 0.938 bits per heavy atom. The highest BCUT2D eigenvalue weighted by atomic mass is 16.1. The van der Waals surface area contributed by atoms with E-state index < -0.39 is 0 Å². The predicted octanol–water partition coefficient (Wildman–Crippen LogP) is 3.06. The molecule has 0 amide bonds. The second kappa shape index (κ2) is 5.03. The fourth-order valence-electron chi connectivity index (χ4n) is 1.43.